The Bertz CT molecular complexity index is 100. The Labute approximate surface area is 75.7 Å². The summed E-state index contributed by atoms with van der Waals surface area (Å²) < 4.78 is 5.31. The SMILES string of the molecule is CCCNCCC1CCOCC1. The average molecular weight is 171 g/mol. The minimum Gasteiger partial charge on any atom is -0.381 e. The highest BCUT2D eigenvalue weighted by atomic mass is 16.5. The largest absolute Gasteiger partial charge is 0.381 e. The molecule has 1 aliphatic rings. The van der Waals surface area contributed by atoms with E-state index in [2.05, 4.69) is 12.2 Å². The van der Waals surface area contributed by atoms with E-state index >= 15 is 0 Å². The molecule has 2 nitrogen and oxygen atoms in total. The summed E-state index contributed by atoms with van der Waals surface area (Å²) in [5.41, 5.74) is 0. The van der Waals surface area contributed by atoms with Crippen LogP contribution in [-0.2, 0) is 4.74 Å². The van der Waals surface area contributed by atoms with Gasteiger partial charge < -0.3 is 10.1 Å². The Kier molecular flexibility index (Phi) is 5.37. The molecule has 0 aromatic rings. The molecule has 12 heavy (non-hydrogen) atoms. The first-order valence-corrected chi connectivity index (χ1v) is 5.22. The molecule has 0 atom stereocenters. The van der Waals surface area contributed by atoms with E-state index in [1.807, 2.05) is 0 Å². The lowest BCUT2D eigenvalue weighted by Crippen LogP contribution is -2.22. The molecule has 0 aromatic carbocycles. The van der Waals surface area contributed by atoms with Crippen molar-refractivity contribution in [2.45, 2.75) is 32.6 Å². The van der Waals surface area contributed by atoms with Crippen LogP contribution >= 0.6 is 0 Å². The van der Waals surface area contributed by atoms with E-state index in [0.717, 1.165) is 19.1 Å². The van der Waals surface area contributed by atoms with E-state index in [-0.39, 0.29) is 0 Å². The molecule has 1 rings (SSSR count). The van der Waals surface area contributed by atoms with Gasteiger partial charge in [0.05, 0.1) is 0 Å². The predicted molar refractivity (Wildman–Crippen MR) is 51.3 cm³/mol. The van der Waals surface area contributed by atoms with Crippen molar-refractivity contribution in [2.24, 2.45) is 5.92 Å². The zero-order chi connectivity index (χ0) is 8.65. The van der Waals surface area contributed by atoms with E-state index in [9.17, 15) is 0 Å². The normalized spacial score (nSPS) is 19.8. The minimum absolute atomic E-state index is 0.920. The molecule has 0 bridgehead atoms. The van der Waals surface area contributed by atoms with E-state index in [4.69, 9.17) is 4.74 Å². The maximum atomic E-state index is 5.31. The van der Waals surface area contributed by atoms with Gasteiger partial charge in [0.15, 0.2) is 0 Å². The molecular formula is C10H21NO. The highest BCUT2D eigenvalue weighted by Gasteiger charge is 2.12. The predicted octanol–water partition coefficient (Wildman–Crippen LogP) is 1.80. The number of ether oxygens (including phenoxy) is 1. The second kappa shape index (κ2) is 6.44. The van der Waals surface area contributed by atoms with Crippen LogP contribution in [0.3, 0.4) is 0 Å². The van der Waals surface area contributed by atoms with Crippen LogP contribution in [0.15, 0.2) is 0 Å². The molecule has 0 aliphatic carbocycles. The first-order valence-electron chi connectivity index (χ1n) is 5.22. The van der Waals surface area contributed by atoms with Crippen LogP contribution in [0.2, 0.25) is 0 Å². The Morgan fingerprint density at radius 2 is 2.00 bits per heavy atom. The smallest absolute Gasteiger partial charge is 0.0468 e. The summed E-state index contributed by atoms with van der Waals surface area (Å²) >= 11 is 0. The summed E-state index contributed by atoms with van der Waals surface area (Å²) in [6.07, 6.45) is 5.12. The van der Waals surface area contributed by atoms with Crippen LogP contribution in [0.5, 0.6) is 0 Å². The molecule has 0 unspecified atom stereocenters. The molecule has 0 spiro atoms. The van der Waals surface area contributed by atoms with E-state index in [0.29, 0.717) is 0 Å². The Balaban J connectivity index is 1.91. The summed E-state index contributed by atoms with van der Waals surface area (Å²) in [6.45, 7) is 6.54. The van der Waals surface area contributed by atoms with Crippen molar-refractivity contribution >= 4 is 0 Å². The van der Waals surface area contributed by atoms with Crippen molar-refractivity contribution in [3.8, 4) is 0 Å². The fraction of sp³-hybridized carbons (Fsp3) is 1.00. The Morgan fingerprint density at radius 1 is 1.25 bits per heavy atom. The summed E-state index contributed by atoms with van der Waals surface area (Å²) in [5.74, 6) is 0.920. The third-order valence-electron chi connectivity index (χ3n) is 2.50. The van der Waals surface area contributed by atoms with Crippen LogP contribution in [0.1, 0.15) is 32.6 Å². The molecule has 1 aliphatic heterocycles. The van der Waals surface area contributed by atoms with Crippen molar-refractivity contribution in [3.05, 3.63) is 0 Å². The summed E-state index contributed by atoms with van der Waals surface area (Å²) in [5, 5.41) is 3.44. The molecule has 0 aromatic heterocycles. The van der Waals surface area contributed by atoms with Gasteiger partial charge in [0.2, 0.25) is 0 Å². The fourth-order valence-electron chi connectivity index (χ4n) is 1.64. The molecule has 0 amide bonds. The number of rotatable bonds is 5. The average Bonchev–Trinajstić information content (AvgIpc) is 2.14. The lowest BCUT2D eigenvalue weighted by atomic mass is 9.97. The standard InChI is InChI=1S/C10H21NO/c1-2-6-11-7-3-10-4-8-12-9-5-10/h10-11H,2-9H2,1H3. The summed E-state index contributed by atoms with van der Waals surface area (Å²) in [6, 6.07) is 0. The molecule has 1 fully saturated rings. The third kappa shape index (κ3) is 4.07. The van der Waals surface area contributed by atoms with Crippen molar-refractivity contribution in [1.29, 1.82) is 0 Å². The van der Waals surface area contributed by atoms with Gasteiger partial charge in [-0.1, -0.05) is 6.92 Å². The molecule has 1 saturated heterocycles. The topological polar surface area (TPSA) is 21.3 Å². The molecule has 0 radical (unpaired) electrons. The van der Waals surface area contributed by atoms with Gasteiger partial charge in [0, 0.05) is 13.2 Å². The van der Waals surface area contributed by atoms with E-state index in [1.54, 1.807) is 0 Å². The molecule has 1 heterocycles. The minimum atomic E-state index is 0.920. The van der Waals surface area contributed by atoms with Gasteiger partial charge >= 0.3 is 0 Å². The lowest BCUT2D eigenvalue weighted by molar-refractivity contribution is 0.0640. The zero-order valence-electron chi connectivity index (χ0n) is 8.14. The number of nitrogens with one attached hydrogen (secondary N) is 1. The summed E-state index contributed by atoms with van der Waals surface area (Å²) in [4.78, 5) is 0. The van der Waals surface area contributed by atoms with Crippen molar-refractivity contribution in [2.75, 3.05) is 26.3 Å². The van der Waals surface area contributed by atoms with Gasteiger partial charge in [-0.05, 0) is 44.7 Å². The van der Waals surface area contributed by atoms with Crippen LogP contribution in [-0.4, -0.2) is 26.3 Å². The van der Waals surface area contributed by atoms with Crippen LogP contribution in [0, 0.1) is 5.92 Å². The maximum absolute atomic E-state index is 5.31. The third-order valence-corrected chi connectivity index (χ3v) is 2.50. The van der Waals surface area contributed by atoms with Crippen LogP contribution in [0.4, 0.5) is 0 Å². The number of hydrogen-bond acceptors (Lipinski definition) is 2. The second-order valence-electron chi connectivity index (χ2n) is 3.59. The fourth-order valence-corrected chi connectivity index (χ4v) is 1.64. The van der Waals surface area contributed by atoms with Gasteiger partial charge in [0.25, 0.3) is 0 Å². The van der Waals surface area contributed by atoms with Crippen molar-refractivity contribution in [3.63, 3.8) is 0 Å². The van der Waals surface area contributed by atoms with Crippen LogP contribution in [0.25, 0.3) is 0 Å². The van der Waals surface area contributed by atoms with Crippen LogP contribution < -0.4 is 5.32 Å². The highest BCUT2D eigenvalue weighted by Crippen LogP contribution is 2.17. The maximum Gasteiger partial charge on any atom is 0.0468 e. The molecule has 72 valence electrons. The van der Waals surface area contributed by atoms with Crippen molar-refractivity contribution in [1.82, 2.24) is 5.32 Å². The number of hydrogen-bond donors (Lipinski definition) is 1. The van der Waals surface area contributed by atoms with Gasteiger partial charge in [-0.15, -0.1) is 0 Å². The first-order chi connectivity index (χ1) is 5.93. The molecule has 1 N–H and O–H groups in total. The Hall–Kier alpha value is -0.0800. The van der Waals surface area contributed by atoms with Gasteiger partial charge in [-0.25, -0.2) is 0 Å². The lowest BCUT2D eigenvalue weighted by Gasteiger charge is -2.21. The van der Waals surface area contributed by atoms with Gasteiger partial charge in [0.1, 0.15) is 0 Å². The van der Waals surface area contributed by atoms with E-state index < -0.39 is 0 Å². The summed E-state index contributed by atoms with van der Waals surface area (Å²) in [7, 11) is 0. The second-order valence-corrected chi connectivity index (χ2v) is 3.59. The van der Waals surface area contributed by atoms with Gasteiger partial charge in [-0.3, -0.25) is 0 Å². The first kappa shape index (κ1) is 10.0. The quantitative estimate of drug-likeness (QED) is 0.637. The zero-order valence-corrected chi connectivity index (χ0v) is 8.14. The monoisotopic (exact) mass is 171 g/mol. The van der Waals surface area contributed by atoms with Crippen molar-refractivity contribution < 1.29 is 4.74 Å². The molecule has 0 saturated carbocycles. The van der Waals surface area contributed by atoms with E-state index in [1.165, 1.54) is 38.8 Å². The molecule has 2 heteroatoms. The molecular weight excluding hydrogens is 150 g/mol. The highest BCUT2D eigenvalue weighted by molar-refractivity contribution is 4.64. The Morgan fingerprint density at radius 3 is 2.67 bits per heavy atom. The van der Waals surface area contributed by atoms with Gasteiger partial charge in [-0.2, -0.15) is 0 Å².